The highest BCUT2D eigenvalue weighted by Gasteiger charge is 2.14. The fraction of sp³-hybridized carbons (Fsp3) is 0.533. The average molecular weight is 312 g/mol. The van der Waals surface area contributed by atoms with Gasteiger partial charge in [-0.05, 0) is 25.0 Å². The first-order chi connectivity index (χ1) is 9.83. The molecule has 0 aliphatic rings. The SMILES string of the molecule is CCCCCC(=O)N[C@@H](C)c1ccccc1NS(C)(=O)=O. The fourth-order valence-electron chi connectivity index (χ4n) is 2.09. The maximum absolute atomic E-state index is 11.8. The summed E-state index contributed by atoms with van der Waals surface area (Å²) >= 11 is 0. The Morgan fingerprint density at radius 2 is 1.90 bits per heavy atom. The molecule has 5 nitrogen and oxygen atoms in total. The Morgan fingerprint density at radius 3 is 2.52 bits per heavy atom. The number of hydrogen-bond acceptors (Lipinski definition) is 3. The number of carbonyl (C=O) groups excluding carboxylic acids is 1. The minimum absolute atomic E-state index is 0.00916. The van der Waals surface area contributed by atoms with Crippen LogP contribution in [0, 0.1) is 0 Å². The molecule has 0 radical (unpaired) electrons. The molecule has 1 atom stereocenters. The smallest absolute Gasteiger partial charge is 0.229 e. The van der Waals surface area contributed by atoms with Crippen molar-refractivity contribution in [2.75, 3.05) is 11.0 Å². The van der Waals surface area contributed by atoms with Crippen molar-refractivity contribution in [3.05, 3.63) is 29.8 Å². The summed E-state index contributed by atoms with van der Waals surface area (Å²) in [5.41, 5.74) is 1.26. The lowest BCUT2D eigenvalue weighted by Crippen LogP contribution is -2.27. The lowest BCUT2D eigenvalue weighted by atomic mass is 10.1. The van der Waals surface area contributed by atoms with Crippen LogP contribution in [-0.2, 0) is 14.8 Å². The van der Waals surface area contributed by atoms with Gasteiger partial charge in [0.2, 0.25) is 15.9 Å². The number of para-hydroxylation sites is 1. The van der Waals surface area contributed by atoms with Gasteiger partial charge in [0.25, 0.3) is 0 Å². The van der Waals surface area contributed by atoms with E-state index in [0.29, 0.717) is 12.1 Å². The van der Waals surface area contributed by atoms with Crippen LogP contribution in [0.25, 0.3) is 0 Å². The van der Waals surface area contributed by atoms with E-state index in [-0.39, 0.29) is 11.9 Å². The molecule has 0 bridgehead atoms. The lowest BCUT2D eigenvalue weighted by molar-refractivity contribution is -0.121. The van der Waals surface area contributed by atoms with Gasteiger partial charge in [-0.25, -0.2) is 8.42 Å². The number of sulfonamides is 1. The van der Waals surface area contributed by atoms with Gasteiger partial charge < -0.3 is 5.32 Å². The molecule has 0 aliphatic heterocycles. The van der Waals surface area contributed by atoms with Crippen molar-refractivity contribution in [3.63, 3.8) is 0 Å². The van der Waals surface area contributed by atoms with Crippen LogP contribution in [0.3, 0.4) is 0 Å². The topological polar surface area (TPSA) is 75.3 Å². The molecule has 0 saturated carbocycles. The van der Waals surface area contributed by atoms with Crippen molar-refractivity contribution in [1.29, 1.82) is 0 Å². The first-order valence-corrected chi connectivity index (χ1v) is 9.08. The molecule has 1 aromatic carbocycles. The number of rotatable bonds is 8. The largest absolute Gasteiger partial charge is 0.350 e. The molecule has 1 amide bonds. The number of anilines is 1. The fourth-order valence-corrected chi connectivity index (χ4v) is 2.68. The van der Waals surface area contributed by atoms with E-state index in [1.54, 1.807) is 12.1 Å². The summed E-state index contributed by atoms with van der Waals surface area (Å²) in [4.78, 5) is 11.8. The predicted molar refractivity (Wildman–Crippen MR) is 85.6 cm³/mol. The predicted octanol–water partition coefficient (Wildman–Crippen LogP) is 2.82. The number of carbonyl (C=O) groups is 1. The summed E-state index contributed by atoms with van der Waals surface area (Å²) in [6, 6.07) is 6.83. The highest BCUT2D eigenvalue weighted by Crippen LogP contribution is 2.23. The molecular formula is C15H24N2O3S. The first kappa shape index (κ1) is 17.5. The van der Waals surface area contributed by atoms with Crippen LogP contribution in [0.1, 0.15) is 51.1 Å². The molecular weight excluding hydrogens is 288 g/mol. The summed E-state index contributed by atoms with van der Waals surface area (Å²) in [6.45, 7) is 3.94. The zero-order valence-corrected chi connectivity index (χ0v) is 13.7. The van der Waals surface area contributed by atoms with E-state index >= 15 is 0 Å². The lowest BCUT2D eigenvalue weighted by Gasteiger charge is -2.18. The minimum atomic E-state index is -3.34. The summed E-state index contributed by atoms with van der Waals surface area (Å²) in [6.07, 6.45) is 4.59. The molecule has 2 N–H and O–H groups in total. The molecule has 0 saturated heterocycles. The van der Waals surface area contributed by atoms with Crippen molar-refractivity contribution < 1.29 is 13.2 Å². The van der Waals surface area contributed by atoms with E-state index in [1.165, 1.54) is 0 Å². The zero-order valence-electron chi connectivity index (χ0n) is 12.8. The molecule has 0 aliphatic carbocycles. The van der Waals surface area contributed by atoms with E-state index in [4.69, 9.17) is 0 Å². The molecule has 6 heteroatoms. The number of nitrogens with one attached hydrogen (secondary N) is 2. The van der Waals surface area contributed by atoms with Crippen LogP contribution in [0.4, 0.5) is 5.69 Å². The van der Waals surface area contributed by atoms with Crippen LogP contribution in [0.2, 0.25) is 0 Å². The third-order valence-corrected chi connectivity index (χ3v) is 3.70. The minimum Gasteiger partial charge on any atom is -0.350 e. The maximum Gasteiger partial charge on any atom is 0.229 e. The summed E-state index contributed by atoms with van der Waals surface area (Å²) in [5.74, 6) is -0.00916. The second-order valence-electron chi connectivity index (χ2n) is 5.21. The van der Waals surface area contributed by atoms with Crippen molar-refractivity contribution in [2.24, 2.45) is 0 Å². The second kappa shape index (κ2) is 8.02. The van der Waals surface area contributed by atoms with Gasteiger partial charge in [-0.3, -0.25) is 9.52 Å². The molecule has 0 spiro atoms. The van der Waals surface area contributed by atoms with E-state index < -0.39 is 10.0 Å². The van der Waals surface area contributed by atoms with E-state index in [9.17, 15) is 13.2 Å². The summed E-state index contributed by atoms with van der Waals surface area (Å²) < 4.78 is 25.2. The Balaban J connectivity index is 2.73. The van der Waals surface area contributed by atoms with Gasteiger partial charge in [0.15, 0.2) is 0 Å². The van der Waals surface area contributed by atoms with Crippen LogP contribution in [0.15, 0.2) is 24.3 Å². The van der Waals surface area contributed by atoms with Gasteiger partial charge in [-0.2, -0.15) is 0 Å². The molecule has 1 rings (SSSR count). The number of unbranched alkanes of at least 4 members (excludes halogenated alkanes) is 2. The number of benzene rings is 1. The molecule has 21 heavy (non-hydrogen) atoms. The third kappa shape index (κ3) is 6.62. The summed E-state index contributed by atoms with van der Waals surface area (Å²) in [5, 5.41) is 2.91. The van der Waals surface area contributed by atoms with E-state index in [0.717, 1.165) is 31.1 Å². The molecule has 1 aromatic rings. The average Bonchev–Trinajstić information content (AvgIpc) is 2.37. The normalized spacial score (nSPS) is 12.7. The monoisotopic (exact) mass is 312 g/mol. The van der Waals surface area contributed by atoms with Gasteiger partial charge in [0.05, 0.1) is 18.0 Å². The standard InChI is InChI=1S/C15H24N2O3S/c1-4-5-6-11-15(18)16-12(2)13-9-7-8-10-14(13)17-21(3,19)20/h7-10,12,17H,4-6,11H2,1-3H3,(H,16,18)/t12-/m0/s1. The third-order valence-electron chi connectivity index (χ3n) is 3.11. The summed E-state index contributed by atoms with van der Waals surface area (Å²) in [7, 11) is -3.34. The van der Waals surface area contributed by atoms with Crippen molar-refractivity contribution in [3.8, 4) is 0 Å². The molecule has 0 aromatic heterocycles. The van der Waals surface area contributed by atoms with Gasteiger partial charge in [-0.15, -0.1) is 0 Å². The quantitative estimate of drug-likeness (QED) is 0.725. The van der Waals surface area contributed by atoms with Gasteiger partial charge in [0.1, 0.15) is 0 Å². The van der Waals surface area contributed by atoms with E-state index in [2.05, 4.69) is 17.0 Å². The highest BCUT2D eigenvalue weighted by molar-refractivity contribution is 7.92. The Morgan fingerprint density at radius 1 is 1.24 bits per heavy atom. The second-order valence-corrected chi connectivity index (χ2v) is 6.96. The number of amides is 1. The van der Waals surface area contributed by atoms with Gasteiger partial charge >= 0.3 is 0 Å². The molecule has 118 valence electrons. The van der Waals surface area contributed by atoms with Crippen molar-refractivity contribution in [1.82, 2.24) is 5.32 Å². The van der Waals surface area contributed by atoms with Crippen LogP contribution < -0.4 is 10.0 Å². The van der Waals surface area contributed by atoms with Crippen LogP contribution in [-0.4, -0.2) is 20.6 Å². The maximum atomic E-state index is 11.8. The Bertz CT molecular complexity index is 570. The Hall–Kier alpha value is -1.56. The van der Waals surface area contributed by atoms with Crippen LogP contribution >= 0.6 is 0 Å². The first-order valence-electron chi connectivity index (χ1n) is 7.19. The highest BCUT2D eigenvalue weighted by atomic mass is 32.2. The molecule has 0 fully saturated rings. The van der Waals surface area contributed by atoms with Crippen molar-refractivity contribution >= 4 is 21.6 Å². The van der Waals surface area contributed by atoms with Gasteiger partial charge in [0, 0.05) is 6.42 Å². The Labute approximate surface area is 127 Å². The van der Waals surface area contributed by atoms with Crippen molar-refractivity contribution in [2.45, 2.75) is 45.6 Å². The van der Waals surface area contributed by atoms with Crippen LogP contribution in [0.5, 0.6) is 0 Å². The molecule has 0 heterocycles. The molecule has 0 unspecified atom stereocenters. The Kier molecular flexibility index (Phi) is 6.68. The number of hydrogen-bond donors (Lipinski definition) is 2. The van der Waals surface area contributed by atoms with Gasteiger partial charge in [-0.1, -0.05) is 38.0 Å². The zero-order chi connectivity index (χ0) is 15.9. The van der Waals surface area contributed by atoms with E-state index in [1.807, 2.05) is 19.1 Å².